The highest BCUT2D eigenvalue weighted by molar-refractivity contribution is 9.10. The fourth-order valence-corrected chi connectivity index (χ4v) is 2.99. The van der Waals surface area contributed by atoms with E-state index in [0.717, 1.165) is 28.6 Å². The number of aryl methyl sites for hydroxylation is 1. The maximum Gasteiger partial charge on any atom is 0.262 e. The average Bonchev–Trinajstić information content (AvgIpc) is 2.48. The van der Waals surface area contributed by atoms with Crippen molar-refractivity contribution in [2.45, 2.75) is 12.8 Å². The Labute approximate surface area is 131 Å². The SMILES string of the molecule is Nc1ccc2c(c1)N(C(=O)c1cc(Br)ccc1O)CCC2. The highest BCUT2D eigenvalue weighted by Gasteiger charge is 2.25. The van der Waals surface area contributed by atoms with Gasteiger partial charge < -0.3 is 15.7 Å². The second kappa shape index (κ2) is 5.41. The van der Waals surface area contributed by atoms with Crippen LogP contribution in [0.1, 0.15) is 22.3 Å². The minimum Gasteiger partial charge on any atom is -0.507 e. The Balaban J connectivity index is 2.04. The molecule has 21 heavy (non-hydrogen) atoms. The Morgan fingerprint density at radius 2 is 2.05 bits per heavy atom. The van der Waals surface area contributed by atoms with Crippen molar-refractivity contribution in [3.05, 3.63) is 52.0 Å². The summed E-state index contributed by atoms with van der Waals surface area (Å²) in [5.74, 6) is -0.223. The molecule has 1 amide bonds. The van der Waals surface area contributed by atoms with Crippen LogP contribution < -0.4 is 10.6 Å². The molecule has 108 valence electrons. The summed E-state index contributed by atoms with van der Waals surface area (Å²) < 4.78 is 0.758. The van der Waals surface area contributed by atoms with Crippen LogP contribution in [-0.4, -0.2) is 17.6 Å². The molecule has 1 aliphatic rings. The van der Waals surface area contributed by atoms with Crippen LogP contribution in [0.2, 0.25) is 0 Å². The van der Waals surface area contributed by atoms with Gasteiger partial charge in [-0.25, -0.2) is 0 Å². The second-order valence-corrected chi connectivity index (χ2v) is 6.03. The van der Waals surface area contributed by atoms with Crippen molar-refractivity contribution in [3.8, 4) is 5.75 Å². The summed E-state index contributed by atoms with van der Waals surface area (Å²) in [6.45, 7) is 0.626. The molecule has 1 aliphatic heterocycles. The molecule has 1 heterocycles. The lowest BCUT2D eigenvalue weighted by Gasteiger charge is -2.30. The van der Waals surface area contributed by atoms with Crippen molar-refractivity contribution in [1.29, 1.82) is 0 Å². The van der Waals surface area contributed by atoms with Gasteiger partial charge in [0.1, 0.15) is 5.75 Å². The molecule has 0 aromatic heterocycles. The predicted octanol–water partition coefficient (Wildman–Crippen LogP) is 3.33. The first-order valence-corrected chi connectivity index (χ1v) is 7.54. The van der Waals surface area contributed by atoms with E-state index in [2.05, 4.69) is 15.9 Å². The van der Waals surface area contributed by atoms with Gasteiger partial charge in [0.25, 0.3) is 5.91 Å². The number of carbonyl (C=O) groups is 1. The molecule has 0 bridgehead atoms. The van der Waals surface area contributed by atoms with Crippen molar-refractivity contribution in [2.75, 3.05) is 17.2 Å². The number of rotatable bonds is 1. The van der Waals surface area contributed by atoms with Crippen molar-refractivity contribution in [1.82, 2.24) is 0 Å². The maximum absolute atomic E-state index is 12.8. The largest absolute Gasteiger partial charge is 0.507 e. The van der Waals surface area contributed by atoms with Crippen LogP contribution in [-0.2, 0) is 6.42 Å². The summed E-state index contributed by atoms with van der Waals surface area (Å²) in [5.41, 5.74) is 8.71. The van der Waals surface area contributed by atoms with Crippen LogP contribution in [0.15, 0.2) is 40.9 Å². The van der Waals surface area contributed by atoms with E-state index in [0.29, 0.717) is 17.8 Å². The van der Waals surface area contributed by atoms with Crippen LogP contribution in [0.5, 0.6) is 5.75 Å². The molecular weight excluding hydrogens is 332 g/mol. The summed E-state index contributed by atoms with van der Waals surface area (Å²) in [4.78, 5) is 14.4. The standard InChI is InChI=1S/C16H15BrN2O2/c17-11-4-6-15(20)13(8-11)16(21)19-7-1-2-10-3-5-12(18)9-14(10)19/h3-6,8-9,20H,1-2,7,18H2. The normalized spacial score (nSPS) is 13.9. The molecule has 3 N–H and O–H groups in total. The van der Waals surface area contributed by atoms with Crippen molar-refractivity contribution in [2.24, 2.45) is 0 Å². The summed E-state index contributed by atoms with van der Waals surface area (Å²) in [6, 6.07) is 10.5. The minimum atomic E-state index is -0.208. The number of halogens is 1. The molecule has 4 nitrogen and oxygen atoms in total. The number of nitrogens with zero attached hydrogens (tertiary/aromatic N) is 1. The van der Waals surface area contributed by atoms with Crippen LogP contribution in [0.4, 0.5) is 11.4 Å². The number of benzene rings is 2. The zero-order valence-corrected chi connectivity index (χ0v) is 12.9. The zero-order chi connectivity index (χ0) is 15.0. The van der Waals surface area contributed by atoms with Gasteiger partial charge in [-0.2, -0.15) is 0 Å². The third-order valence-corrected chi connectivity index (χ3v) is 4.16. The van der Waals surface area contributed by atoms with Crippen molar-refractivity contribution < 1.29 is 9.90 Å². The highest BCUT2D eigenvalue weighted by Crippen LogP contribution is 2.32. The molecule has 2 aromatic rings. The van der Waals surface area contributed by atoms with E-state index >= 15 is 0 Å². The number of phenolic OH excluding ortho intramolecular Hbond substituents is 1. The van der Waals surface area contributed by atoms with Gasteiger partial charge in [0.05, 0.1) is 5.56 Å². The smallest absolute Gasteiger partial charge is 0.262 e. The lowest BCUT2D eigenvalue weighted by Crippen LogP contribution is -2.35. The van der Waals surface area contributed by atoms with Gasteiger partial charge in [-0.3, -0.25) is 4.79 Å². The van der Waals surface area contributed by atoms with Crippen molar-refractivity contribution in [3.63, 3.8) is 0 Å². The number of hydrogen-bond acceptors (Lipinski definition) is 3. The molecule has 0 saturated carbocycles. The zero-order valence-electron chi connectivity index (χ0n) is 11.3. The molecule has 0 unspecified atom stereocenters. The van der Waals surface area contributed by atoms with Gasteiger partial charge in [0.15, 0.2) is 0 Å². The van der Waals surface area contributed by atoms with Gasteiger partial charge in [0, 0.05) is 22.4 Å². The van der Waals surface area contributed by atoms with Crippen LogP contribution in [0.3, 0.4) is 0 Å². The molecule has 5 heteroatoms. The Bertz CT molecular complexity index is 715. The number of carbonyl (C=O) groups excluding carboxylic acids is 1. The summed E-state index contributed by atoms with van der Waals surface area (Å²) in [5, 5.41) is 9.95. The first kappa shape index (κ1) is 13.9. The monoisotopic (exact) mass is 346 g/mol. The molecular formula is C16H15BrN2O2. The average molecular weight is 347 g/mol. The lowest BCUT2D eigenvalue weighted by atomic mass is 10.00. The molecule has 2 aromatic carbocycles. The Hall–Kier alpha value is -2.01. The van der Waals surface area contributed by atoms with Gasteiger partial charge in [-0.15, -0.1) is 0 Å². The minimum absolute atomic E-state index is 0.0146. The predicted molar refractivity (Wildman–Crippen MR) is 86.7 cm³/mol. The molecule has 0 radical (unpaired) electrons. The first-order chi connectivity index (χ1) is 10.1. The summed E-state index contributed by atoms with van der Waals surface area (Å²) >= 11 is 3.33. The Kier molecular flexibility index (Phi) is 3.59. The number of aromatic hydroxyl groups is 1. The molecule has 3 rings (SSSR count). The van der Waals surface area contributed by atoms with E-state index in [1.54, 1.807) is 17.0 Å². The van der Waals surface area contributed by atoms with Gasteiger partial charge in [0.2, 0.25) is 0 Å². The number of anilines is 2. The van der Waals surface area contributed by atoms with Gasteiger partial charge in [-0.1, -0.05) is 22.0 Å². The Morgan fingerprint density at radius 1 is 1.24 bits per heavy atom. The molecule has 0 saturated heterocycles. The van der Waals surface area contributed by atoms with Gasteiger partial charge >= 0.3 is 0 Å². The number of fused-ring (bicyclic) bond motifs is 1. The van der Waals surface area contributed by atoms with Crippen LogP contribution >= 0.6 is 15.9 Å². The van der Waals surface area contributed by atoms with Gasteiger partial charge in [-0.05, 0) is 48.7 Å². The van der Waals surface area contributed by atoms with E-state index < -0.39 is 0 Å². The van der Waals surface area contributed by atoms with E-state index in [1.165, 1.54) is 6.07 Å². The van der Waals surface area contributed by atoms with E-state index in [-0.39, 0.29) is 11.7 Å². The second-order valence-electron chi connectivity index (χ2n) is 5.11. The number of nitrogens with two attached hydrogens (primary N) is 1. The number of amides is 1. The molecule has 0 aliphatic carbocycles. The maximum atomic E-state index is 12.8. The van der Waals surface area contributed by atoms with Crippen LogP contribution in [0, 0.1) is 0 Å². The number of hydrogen-bond donors (Lipinski definition) is 2. The Morgan fingerprint density at radius 3 is 2.86 bits per heavy atom. The van der Waals surface area contributed by atoms with Crippen LogP contribution in [0.25, 0.3) is 0 Å². The molecule has 0 spiro atoms. The number of nitrogen functional groups attached to an aromatic ring is 1. The third kappa shape index (κ3) is 2.61. The summed E-state index contributed by atoms with van der Waals surface area (Å²) in [6.07, 6.45) is 1.83. The highest BCUT2D eigenvalue weighted by atomic mass is 79.9. The van der Waals surface area contributed by atoms with E-state index in [9.17, 15) is 9.90 Å². The fourth-order valence-electron chi connectivity index (χ4n) is 2.63. The quantitative estimate of drug-likeness (QED) is 0.778. The summed E-state index contributed by atoms with van der Waals surface area (Å²) in [7, 11) is 0. The molecule has 0 atom stereocenters. The van der Waals surface area contributed by atoms with Crippen molar-refractivity contribution >= 4 is 33.2 Å². The molecule has 0 fully saturated rings. The number of phenols is 1. The van der Waals surface area contributed by atoms with E-state index in [1.807, 2.05) is 18.2 Å². The lowest BCUT2D eigenvalue weighted by molar-refractivity contribution is 0.0982. The third-order valence-electron chi connectivity index (χ3n) is 3.66. The topological polar surface area (TPSA) is 66.6 Å². The van der Waals surface area contributed by atoms with E-state index in [4.69, 9.17) is 5.73 Å². The fraction of sp³-hybridized carbons (Fsp3) is 0.188. The first-order valence-electron chi connectivity index (χ1n) is 6.75.